The van der Waals surface area contributed by atoms with Gasteiger partial charge in [0, 0.05) is 25.4 Å². The van der Waals surface area contributed by atoms with E-state index in [2.05, 4.69) is 5.32 Å². The SMILES string of the molecule is CCCC(C)(OCC)C(=O)Nc1ccc(OCC(=O)N2CCOCC2)cc1. The molecule has 0 radical (unpaired) electrons. The fourth-order valence-corrected chi connectivity index (χ4v) is 2.99. The summed E-state index contributed by atoms with van der Waals surface area (Å²) in [6, 6.07) is 6.98. The maximum atomic E-state index is 12.6. The zero-order valence-electron chi connectivity index (χ0n) is 16.5. The van der Waals surface area contributed by atoms with Gasteiger partial charge >= 0.3 is 0 Å². The van der Waals surface area contributed by atoms with E-state index in [-0.39, 0.29) is 18.4 Å². The number of nitrogens with one attached hydrogen (secondary N) is 1. The first-order valence-electron chi connectivity index (χ1n) is 9.52. The van der Waals surface area contributed by atoms with Crippen LogP contribution in [0.5, 0.6) is 5.75 Å². The number of hydrogen-bond donors (Lipinski definition) is 1. The molecule has 0 bridgehead atoms. The maximum Gasteiger partial charge on any atom is 0.260 e. The Morgan fingerprint density at radius 3 is 2.44 bits per heavy atom. The molecule has 1 unspecified atom stereocenters. The van der Waals surface area contributed by atoms with Gasteiger partial charge in [-0.1, -0.05) is 13.3 Å². The van der Waals surface area contributed by atoms with Crippen LogP contribution in [0.25, 0.3) is 0 Å². The van der Waals surface area contributed by atoms with Gasteiger partial charge in [0.2, 0.25) is 0 Å². The highest BCUT2D eigenvalue weighted by Crippen LogP contribution is 2.22. The van der Waals surface area contributed by atoms with Crippen molar-refractivity contribution in [2.24, 2.45) is 0 Å². The van der Waals surface area contributed by atoms with E-state index in [0.717, 1.165) is 6.42 Å². The minimum Gasteiger partial charge on any atom is -0.484 e. The first-order valence-corrected chi connectivity index (χ1v) is 9.52. The van der Waals surface area contributed by atoms with Crippen LogP contribution in [0.3, 0.4) is 0 Å². The Balaban J connectivity index is 1.86. The second kappa shape index (κ2) is 10.3. The fourth-order valence-electron chi connectivity index (χ4n) is 2.99. The summed E-state index contributed by atoms with van der Waals surface area (Å²) in [5, 5.41) is 2.89. The molecule has 27 heavy (non-hydrogen) atoms. The molecule has 150 valence electrons. The largest absolute Gasteiger partial charge is 0.484 e. The number of ether oxygens (including phenoxy) is 3. The number of carbonyl (C=O) groups excluding carboxylic acids is 2. The van der Waals surface area contributed by atoms with Gasteiger partial charge in [0.15, 0.2) is 6.61 Å². The molecule has 1 aliphatic rings. The number of rotatable bonds is 9. The minimum atomic E-state index is -0.844. The van der Waals surface area contributed by atoms with E-state index in [1.54, 1.807) is 29.2 Å². The Labute approximate surface area is 161 Å². The first-order chi connectivity index (χ1) is 13.0. The lowest BCUT2D eigenvalue weighted by Crippen LogP contribution is -2.43. The number of carbonyl (C=O) groups is 2. The highest BCUT2D eigenvalue weighted by Gasteiger charge is 2.32. The lowest BCUT2D eigenvalue weighted by atomic mass is 9.99. The van der Waals surface area contributed by atoms with Crippen molar-refractivity contribution < 1.29 is 23.8 Å². The molecule has 1 saturated heterocycles. The van der Waals surface area contributed by atoms with Crippen LogP contribution >= 0.6 is 0 Å². The maximum absolute atomic E-state index is 12.6. The smallest absolute Gasteiger partial charge is 0.260 e. The van der Waals surface area contributed by atoms with E-state index < -0.39 is 5.60 Å². The monoisotopic (exact) mass is 378 g/mol. The quantitative estimate of drug-likeness (QED) is 0.714. The van der Waals surface area contributed by atoms with Gasteiger partial charge in [0.25, 0.3) is 11.8 Å². The number of amides is 2. The Kier molecular flexibility index (Phi) is 8.06. The molecule has 7 heteroatoms. The molecule has 7 nitrogen and oxygen atoms in total. The summed E-state index contributed by atoms with van der Waals surface area (Å²) >= 11 is 0. The van der Waals surface area contributed by atoms with Crippen LogP contribution in [-0.4, -0.2) is 61.8 Å². The summed E-state index contributed by atoms with van der Waals surface area (Å²) in [5.41, 5.74) is -0.183. The molecule has 1 aliphatic heterocycles. The summed E-state index contributed by atoms with van der Waals surface area (Å²) in [4.78, 5) is 26.4. The second-order valence-corrected chi connectivity index (χ2v) is 6.67. The Bertz CT molecular complexity index is 605. The third-order valence-corrected chi connectivity index (χ3v) is 4.51. The molecule has 1 aromatic rings. The molecule has 0 aromatic heterocycles. The molecule has 1 heterocycles. The molecule has 0 spiro atoms. The third kappa shape index (κ3) is 6.22. The number of nitrogens with zero attached hydrogens (tertiary/aromatic N) is 1. The van der Waals surface area contributed by atoms with Gasteiger partial charge in [0.05, 0.1) is 13.2 Å². The normalized spacial score (nSPS) is 16.5. The highest BCUT2D eigenvalue weighted by molar-refractivity contribution is 5.97. The standard InChI is InChI=1S/C20H30N2O5/c1-4-10-20(3,27-5-2)19(24)21-16-6-8-17(9-7-16)26-15-18(23)22-11-13-25-14-12-22/h6-9H,4-5,10-15H2,1-3H3,(H,21,24). The average Bonchev–Trinajstić information content (AvgIpc) is 2.68. The van der Waals surface area contributed by atoms with Crippen molar-refractivity contribution in [1.29, 1.82) is 0 Å². The van der Waals surface area contributed by atoms with Crippen LogP contribution in [0.1, 0.15) is 33.6 Å². The molecule has 1 N–H and O–H groups in total. The van der Waals surface area contributed by atoms with Gasteiger partial charge in [-0.25, -0.2) is 0 Å². The van der Waals surface area contributed by atoms with Gasteiger partial charge in [-0.15, -0.1) is 0 Å². The fraction of sp³-hybridized carbons (Fsp3) is 0.600. The lowest BCUT2D eigenvalue weighted by molar-refractivity contribution is -0.139. The van der Waals surface area contributed by atoms with Crippen molar-refractivity contribution in [3.63, 3.8) is 0 Å². The molecule has 2 rings (SSSR count). The van der Waals surface area contributed by atoms with Crippen LogP contribution in [0.2, 0.25) is 0 Å². The topological polar surface area (TPSA) is 77.1 Å². The van der Waals surface area contributed by atoms with Crippen LogP contribution in [0, 0.1) is 0 Å². The van der Waals surface area contributed by atoms with Crippen LogP contribution in [0.4, 0.5) is 5.69 Å². The molecule has 0 saturated carbocycles. The molecule has 2 amide bonds. The van der Waals surface area contributed by atoms with Crippen LogP contribution < -0.4 is 10.1 Å². The predicted octanol–water partition coefficient (Wildman–Crippen LogP) is 2.46. The summed E-state index contributed by atoms with van der Waals surface area (Å²) < 4.78 is 16.5. The molecular weight excluding hydrogens is 348 g/mol. The van der Waals surface area contributed by atoms with Gasteiger partial charge in [0.1, 0.15) is 11.4 Å². The van der Waals surface area contributed by atoms with E-state index in [0.29, 0.717) is 50.8 Å². The molecular formula is C20H30N2O5. The average molecular weight is 378 g/mol. The highest BCUT2D eigenvalue weighted by atomic mass is 16.5. The zero-order chi connectivity index (χ0) is 19.7. The van der Waals surface area contributed by atoms with Gasteiger partial charge in [-0.3, -0.25) is 9.59 Å². The minimum absolute atomic E-state index is 0.00931. The molecule has 1 aromatic carbocycles. The van der Waals surface area contributed by atoms with Gasteiger partial charge in [-0.2, -0.15) is 0 Å². The zero-order valence-corrected chi connectivity index (χ0v) is 16.5. The van der Waals surface area contributed by atoms with Crippen molar-refractivity contribution in [2.45, 2.75) is 39.2 Å². The Hall–Kier alpha value is -2.12. The Morgan fingerprint density at radius 2 is 1.85 bits per heavy atom. The van der Waals surface area contributed by atoms with Crippen molar-refractivity contribution in [2.75, 3.05) is 44.8 Å². The number of hydrogen-bond acceptors (Lipinski definition) is 5. The third-order valence-electron chi connectivity index (χ3n) is 4.51. The van der Waals surface area contributed by atoms with E-state index in [4.69, 9.17) is 14.2 Å². The van der Waals surface area contributed by atoms with Gasteiger partial charge in [-0.05, 0) is 44.5 Å². The summed E-state index contributed by atoms with van der Waals surface area (Å²) in [7, 11) is 0. The second-order valence-electron chi connectivity index (χ2n) is 6.67. The molecule has 1 fully saturated rings. The van der Waals surface area contributed by atoms with Crippen molar-refractivity contribution in [1.82, 2.24) is 4.90 Å². The first kappa shape index (κ1) is 21.2. The summed E-state index contributed by atoms with van der Waals surface area (Å²) in [5.74, 6) is 0.362. The van der Waals surface area contributed by atoms with E-state index in [9.17, 15) is 9.59 Å². The predicted molar refractivity (Wildman–Crippen MR) is 103 cm³/mol. The van der Waals surface area contributed by atoms with Crippen molar-refractivity contribution in [3.8, 4) is 5.75 Å². The Morgan fingerprint density at radius 1 is 1.19 bits per heavy atom. The van der Waals surface area contributed by atoms with E-state index in [1.807, 2.05) is 20.8 Å². The number of anilines is 1. The van der Waals surface area contributed by atoms with Crippen molar-refractivity contribution in [3.05, 3.63) is 24.3 Å². The van der Waals surface area contributed by atoms with Crippen LogP contribution in [-0.2, 0) is 19.1 Å². The van der Waals surface area contributed by atoms with E-state index >= 15 is 0 Å². The van der Waals surface area contributed by atoms with Gasteiger partial charge < -0.3 is 24.4 Å². The van der Waals surface area contributed by atoms with Crippen molar-refractivity contribution >= 4 is 17.5 Å². The van der Waals surface area contributed by atoms with E-state index in [1.165, 1.54) is 0 Å². The number of morpholine rings is 1. The van der Waals surface area contributed by atoms with Crippen LogP contribution in [0.15, 0.2) is 24.3 Å². The summed E-state index contributed by atoms with van der Waals surface area (Å²) in [6.45, 7) is 8.52. The summed E-state index contributed by atoms with van der Waals surface area (Å²) in [6.07, 6.45) is 1.51. The number of benzene rings is 1. The molecule has 0 aliphatic carbocycles. The lowest BCUT2D eigenvalue weighted by Gasteiger charge is -2.28. The molecule has 1 atom stereocenters.